The average Bonchev–Trinajstić information content (AvgIpc) is 2.68. The van der Waals surface area contributed by atoms with E-state index >= 15 is 0 Å². The van der Waals surface area contributed by atoms with Crippen LogP contribution in [0.25, 0.3) is 16.7 Å². The number of hydrogen-bond donors (Lipinski definition) is 1. The summed E-state index contributed by atoms with van der Waals surface area (Å²) >= 11 is 0. The lowest BCUT2D eigenvalue weighted by atomic mass is 10.2. The Bertz CT molecular complexity index is 1270. The largest absolute Gasteiger partial charge is 0.322 e. The Balaban J connectivity index is 1.73. The lowest BCUT2D eigenvalue weighted by Gasteiger charge is -2.12. The summed E-state index contributed by atoms with van der Waals surface area (Å²) in [5.74, 6) is -0.453. The number of rotatable bonds is 3. The Hall–Kier alpha value is -3.87. The monoisotopic (exact) mass is 374 g/mol. The molecule has 6 nitrogen and oxygen atoms in total. The molecule has 28 heavy (non-hydrogen) atoms. The molecule has 4 rings (SSSR count). The van der Waals surface area contributed by atoms with Gasteiger partial charge in [0.15, 0.2) is 5.65 Å². The van der Waals surface area contributed by atoms with E-state index in [4.69, 9.17) is 0 Å². The summed E-state index contributed by atoms with van der Waals surface area (Å²) < 4.78 is 14.8. The van der Waals surface area contributed by atoms with Gasteiger partial charge in [-0.1, -0.05) is 12.1 Å². The van der Waals surface area contributed by atoms with Crippen molar-refractivity contribution in [3.8, 4) is 5.69 Å². The molecule has 0 bridgehead atoms. The van der Waals surface area contributed by atoms with E-state index in [9.17, 15) is 14.0 Å². The van der Waals surface area contributed by atoms with Crippen LogP contribution in [0.2, 0.25) is 0 Å². The standard InChI is InChI=1S/C21H15FN4O2/c1-13-24-19-18(9-4-10-23-19)21(28)26(13)17-8-3-7-16(12-17)25-20(27)14-5-2-6-15(22)11-14/h2-12H,1H3,(H,25,27). The summed E-state index contributed by atoms with van der Waals surface area (Å²) in [6, 6.07) is 15.6. The quantitative estimate of drug-likeness (QED) is 0.596. The van der Waals surface area contributed by atoms with Crippen LogP contribution >= 0.6 is 0 Å². The molecule has 0 atom stereocenters. The molecule has 2 aromatic carbocycles. The number of amides is 1. The van der Waals surface area contributed by atoms with Crippen molar-refractivity contribution in [2.75, 3.05) is 5.32 Å². The first-order valence-corrected chi connectivity index (χ1v) is 8.55. The fraction of sp³-hybridized carbons (Fsp3) is 0.0476. The van der Waals surface area contributed by atoms with Crippen molar-refractivity contribution in [2.24, 2.45) is 0 Å². The number of halogens is 1. The van der Waals surface area contributed by atoms with E-state index in [1.165, 1.54) is 22.8 Å². The molecule has 0 unspecified atom stereocenters. The van der Waals surface area contributed by atoms with Crippen LogP contribution in [0.4, 0.5) is 10.1 Å². The second-order valence-corrected chi connectivity index (χ2v) is 6.19. The summed E-state index contributed by atoms with van der Waals surface area (Å²) in [7, 11) is 0. The van der Waals surface area contributed by atoms with Crippen molar-refractivity contribution in [1.29, 1.82) is 0 Å². The van der Waals surface area contributed by atoms with Crippen molar-refractivity contribution in [2.45, 2.75) is 6.92 Å². The van der Waals surface area contributed by atoms with Crippen LogP contribution in [0.5, 0.6) is 0 Å². The Morgan fingerprint density at radius 2 is 1.89 bits per heavy atom. The lowest BCUT2D eigenvalue weighted by Crippen LogP contribution is -2.22. The van der Waals surface area contributed by atoms with Gasteiger partial charge in [-0.3, -0.25) is 14.2 Å². The van der Waals surface area contributed by atoms with E-state index in [1.54, 1.807) is 49.5 Å². The number of anilines is 1. The number of carbonyl (C=O) groups excluding carboxylic acids is 1. The van der Waals surface area contributed by atoms with Gasteiger partial charge >= 0.3 is 0 Å². The summed E-state index contributed by atoms with van der Waals surface area (Å²) in [4.78, 5) is 33.8. The molecule has 0 spiro atoms. The highest BCUT2D eigenvalue weighted by Gasteiger charge is 2.12. The molecular formula is C21H15FN4O2. The van der Waals surface area contributed by atoms with Crippen molar-refractivity contribution < 1.29 is 9.18 Å². The summed E-state index contributed by atoms with van der Waals surface area (Å²) in [5, 5.41) is 3.12. The second kappa shape index (κ2) is 7.03. The number of benzene rings is 2. The van der Waals surface area contributed by atoms with Gasteiger partial charge in [-0.2, -0.15) is 0 Å². The zero-order valence-electron chi connectivity index (χ0n) is 14.9. The van der Waals surface area contributed by atoms with Gasteiger partial charge < -0.3 is 5.32 Å². The van der Waals surface area contributed by atoms with Gasteiger partial charge in [0.2, 0.25) is 0 Å². The van der Waals surface area contributed by atoms with Gasteiger partial charge in [0.1, 0.15) is 11.6 Å². The SMILES string of the molecule is Cc1nc2ncccc2c(=O)n1-c1cccc(NC(=O)c2cccc(F)c2)c1. The maximum Gasteiger partial charge on any atom is 0.267 e. The van der Waals surface area contributed by atoms with Crippen molar-refractivity contribution in [3.63, 3.8) is 0 Å². The summed E-state index contributed by atoms with van der Waals surface area (Å²) in [6.07, 6.45) is 1.58. The first-order valence-electron chi connectivity index (χ1n) is 8.55. The predicted octanol–water partition coefficient (Wildman–Crippen LogP) is 3.48. The number of carbonyl (C=O) groups is 1. The van der Waals surface area contributed by atoms with Crippen molar-refractivity contribution in [3.05, 3.63) is 94.4 Å². The number of nitrogens with zero attached hydrogens (tertiary/aromatic N) is 3. The molecular weight excluding hydrogens is 359 g/mol. The molecule has 0 aliphatic rings. The second-order valence-electron chi connectivity index (χ2n) is 6.19. The molecule has 2 heterocycles. The van der Waals surface area contributed by atoms with Crippen LogP contribution in [-0.2, 0) is 0 Å². The highest BCUT2D eigenvalue weighted by molar-refractivity contribution is 6.04. The van der Waals surface area contributed by atoms with Crippen LogP contribution in [0.1, 0.15) is 16.2 Å². The third kappa shape index (κ3) is 3.25. The number of aromatic nitrogens is 3. The zero-order chi connectivity index (χ0) is 19.7. The smallest absolute Gasteiger partial charge is 0.267 e. The van der Waals surface area contributed by atoms with E-state index in [-0.39, 0.29) is 11.1 Å². The molecule has 2 aromatic heterocycles. The fourth-order valence-electron chi connectivity index (χ4n) is 2.98. The topological polar surface area (TPSA) is 76.9 Å². The van der Waals surface area contributed by atoms with Crippen molar-refractivity contribution >= 4 is 22.6 Å². The number of pyridine rings is 1. The average molecular weight is 374 g/mol. The van der Waals surface area contributed by atoms with Crippen molar-refractivity contribution in [1.82, 2.24) is 14.5 Å². The minimum Gasteiger partial charge on any atom is -0.322 e. The molecule has 0 radical (unpaired) electrons. The first kappa shape index (κ1) is 17.5. The third-order valence-electron chi connectivity index (χ3n) is 4.26. The van der Waals surface area contributed by atoms with Crippen LogP contribution in [0.3, 0.4) is 0 Å². The van der Waals surface area contributed by atoms with E-state index in [2.05, 4.69) is 15.3 Å². The summed E-state index contributed by atoms with van der Waals surface area (Å²) in [5.41, 5.74) is 1.38. The molecule has 7 heteroatoms. The minimum absolute atomic E-state index is 0.206. The molecule has 0 saturated heterocycles. The Morgan fingerprint density at radius 1 is 1.07 bits per heavy atom. The normalized spacial score (nSPS) is 10.8. The highest BCUT2D eigenvalue weighted by atomic mass is 19.1. The summed E-state index contributed by atoms with van der Waals surface area (Å²) in [6.45, 7) is 1.72. The van der Waals surface area contributed by atoms with Crippen LogP contribution in [-0.4, -0.2) is 20.4 Å². The third-order valence-corrected chi connectivity index (χ3v) is 4.26. The Morgan fingerprint density at radius 3 is 2.71 bits per heavy atom. The minimum atomic E-state index is -0.487. The number of nitrogens with one attached hydrogen (secondary N) is 1. The lowest BCUT2D eigenvalue weighted by molar-refractivity contribution is 0.102. The number of fused-ring (bicyclic) bond motifs is 1. The van der Waals surface area contributed by atoms with Gasteiger partial charge in [-0.15, -0.1) is 0 Å². The van der Waals surface area contributed by atoms with Crippen LogP contribution in [0, 0.1) is 12.7 Å². The van der Waals surface area contributed by atoms with E-state index in [0.29, 0.717) is 28.2 Å². The maximum atomic E-state index is 13.3. The van der Waals surface area contributed by atoms with E-state index in [0.717, 1.165) is 6.07 Å². The molecule has 1 amide bonds. The Kier molecular flexibility index (Phi) is 4.41. The first-order chi connectivity index (χ1) is 13.5. The van der Waals surface area contributed by atoms with Gasteiger partial charge in [-0.05, 0) is 55.5 Å². The van der Waals surface area contributed by atoms with Crippen LogP contribution in [0.15, 0.2) is 71.7 Å². The maximum absolute atomic E-state index is 13.3. The zero-order valence-corrected chi connectivity index (χ0v) is 14.9. The number of hydrogen-bond acceptors (Lipinski definition) is 4. The molecule has 0 aliphatic heterocycles. The Labute approximate surface area is 159 Å². The van der Waals surface area contributed by atoms with Crippen LogP contribution < -0.4 is 10.9 Å². The van der Waals surface area contributed by atoms with Gasteiger partial charge in [-0.25, -0.2) is 14.4 Å². The van der Waals surface area contributed by atoms with E-state index in [1.807, 2.05) is 0 Å². The fourth-order valence-corrected chi connectivity index (χ4v) is 2.98. The molecule has 0 fully saturated rings. The molecule has 1 N–H and O–H groups in total. The van der Waals surface area contributed by atoms with E-state index < -0.39 is 11.7 Å². The molecule has 138 valence electrons. The van der Waals surface area contributed by atoms with Gasteiger partial charge in [0.25, 0.3) is 11.5 Å². The van der Waals surface area contributed by atoms with Gasteiger partial charge in [0, 0.05) is 17.4 Å². The highest BCUT2D eigenvalue weighted by Crippen LogP contribution is 2.17. The molecule has 0 aliphatic carbocycles. The number of aryl methyl sites for hydroxylation is 1. The molecule has 0 saturated carbocycles. The molecule has 4 aromatic rings. The predicted molar refractivity (Wildman–Crippen MR) is 104 cm³/mol. The van der Waals surface area contributed by atoms with Gasteiger partial charge in [0.05, 0.1) is 11.1 Å².